The first-order valence-corrected chi connectivity index (χ1v) is 6.81. The van der Waals surface area contributed by atoms with E-state index in [2.05, 4.69) is 70.4 Å². The third-order valence-electron chi connectivity index (χ3n) is 2.97. The van der Waals surface area contributed by atoms with Crippen LogP contribution in [-0.2, 0) is 0 Å². The molecule has 0 amide bonds. The number of halogens is 1. The van der Waals surface area contributed by atoms with E-state index in [0.717, 1.165) is 15.9 Å². The van der Waals surface area contributed by atoms with E-state index in [9.17, 15) is 0 Å². The van der Waals surface area contributed by atoms with Crippen molar-refractivity contribution in [2.24, 2.45) is 0 Å². The minimum Gasteiger partial charge on any atom is -0.377 e. The lowest BCUT2D eigenvalue weighted by molar-refractivity contribution is 0.881. The smallest absolute Gasteiger partial charge is 0.109 e. The zero-order valence-corrected chi connectivity index (χ0v) is 12.5. The van der Waals surface area contributed by atoms with Gasteiger partial charge in [-0.1, -0.05) is 29.8 Å². The van der Waals surface area contributed by atoms with E-state index in [1.54, 1.807) is 0 Å². The first kappa shape index (κ1) is 13.1. The lowest BCUT2D eigenvalue weighted by atomic mass is 10.1. The Kier molecular flexibility index (Phi) is 4.02. The number of benzene rings is 1. The van der Waals surface area contributed by atoms with Crippen molar-refractivity contribution >= 4 is 21.6 Å². The summed E-state index contributed by atoms with van der Waals surface area (Å²) in [5.41, 5.74) is 4.74. The second kappa shape index (κ2) is 5.53. The largest absolute Gasteiger partial charge is 0.377 e. The number of hydrogen-bond acceptors (Lipinski definition) is 2. The highest BCUT2D eigenvalue weighted by Gasteiger charge is 2.06. The standard InChI is InChI=1S/C15H17BrN2/c1-10-4-6-13(7-5-10)12(3)18-14-8-11(2)15(16)17-9-14/h4-9,12,18H,1-3H3. The number of rotatable bonds is 3. The predicted octanol–water partition coefficient (Wildman–Crippen LogP) is 4.63. The second-order valence-corrected chi connectivity index (χ2v) is 5.36. The third kappa shape index (κ3) is 3.10. The third-order valence-corrected chi connectivity index (χ3v) is 3.81. The van der Waals surface area contributed by atoms with Gasteiger partial charge in [-0.25, -0.2) is 4.98 Å². The molecule has 0 fully saturated rings. The molecule has 18 heavy (non-hydrogen) atoms. The molecular formula is C15H17BrN2. The highest BCUT2D eigenvalue weighted by atomic mass is 79.9. The number of nitrogens with zero attached hydrogens (tertiary/aromatic N) is 1. The molecular weight excluding hydrogens is 288 g/mol. The maximum absolute atomic E-state index is 4.29. The molecule has 1 unspecified atom stereocenters. The van der Waals surface area contributed by atoms with Crippen molar-refractivity contribution in [2.75, 3.05) is 5.32 Å². The van der Waals surface area contributed by atoms with Gasteiger partial charge in [-0.2, -0.15) is 0 Å². The lowest BCUT2D eigenvalue weighted by Gasteiger charge is -2.16. The van der Waals surface area contributed by atoms with Crippen molar-refractivity contribution in [3.63, 3.8) is 0 Å². The minimum absolute atomic E-state index is 0.271. The number of nitrogens with one attached hydrogen (secondary N) is 1. The molecule has 0 aliphatic heterocycles. The van der Waals surface area contributed by atoms with E-state index < -0.39 is 0 Å². The monoisotopic (exact) mass is 304 g/mol. The Morgan fingerprint density at radius 2 is 1.83 bits per heavy atom. The van der Waals surface area contributed by atoms with E-state index in [-0.39, 0.29) is 6.04 Å². The van der Waals surface area contributed by atoms with Crippen LogP contribution in [0.3, 0.4) is 0 Å². The van der Waals surface area contributed by atoms with Gasteiger partial charge in [0.25, 0.3) is 0 Å². The first-order valence-electron chi connectivity index (χ1n) is 6.01. The van der Waals surface area contributed by atoms with Crippen LogP contribution in [-0.4, -0.2) is 4.98 Å². The highest BCUT2D eigenvalue weighted by Crippen LogP contribution is 2.22. The summed E-state index contributed by atoms with van der Waals surface area (Å²) in [5, 5.41) is 3.46. The molecule has 94 valence electrons. The van der Waals surface area contributed by atoms with Crippen LogP contribution in [0.25, 0.3) is 0 Å². The lowest BCUT2D eigenvalue weighted by Crippen LogP contribution is -2.07. The molecule has 2 aromatic rings. The fraction of sp³-hybridized carbons (Fsp3) is 0.267. The normalized spacial score (nSPS) is 12.2. The topological polar surface area (TPSA) is 24.9 Å². The molecule has 0 aliphatic carbocycles. The van der Waals surface area contributed by atoms with Gasteiger partial charge in [0.2, 0.25) is 0 Å². The molecule has 0 aliphatic rings. The molecule has 3 heteroatoms. The van der Waals surface area contributed by atoms with Crippen LogP contribution in [0, 0.1) is 13.8 Å². The fourth-order valence-electron chi connectivity index (χ4n) is 1.83. The molecule has 1 heterocycles. The van der Waals surface area contributed by atoms with Gasteiger partial charge in [0, 0.05) is 6.04 Å². The van der Waals surface area contributed by atoms with Crippen LogP contribution in [0.15, 0.2) is 41.1 Å². The second-order valence-electron chi connectivity index (χ2n) is 4.61. The van der Waals surface area contributed by atoms with Crippen LogP contribution < -0.4 is 5.32 Å². The number of aromatic nitrogens is 1. The molecule has 1 aromatic heterocycles. The molecule has 0 saturated heterocycles. The van der Waals surface area contributed by atoms with Gasteiger partial charge in [-0.3, -0.25) is 0 Å². The predicted molar refractivity (Wildman–Crippen MR) is 79.9 cm³/mol. The van der Waals surface area contributed by atoms with Gasteiger partial charge in [-0.05, 0) is 53.9 Å². The van der Waals surface area contributed by atoms with Crippen molar-refractivity contribution in [3.8, 4) is 0 Å². The molecule has 0 radical (unpaired) electrons. The van der Waals surface area contributed by atoms with Crippen LogP contribution in [0.5, 0.6) is 0 Å². The molecule has 1 atom stereocenters. The summed E-state index contributed by atoms with van der Waals surface area (Å²) in [6, 6.07) is 11.0. The molecule has 0 saturated carbocycles. The zero-order valence-electron chi connectivity index (χ0n) is 10.9. The number of aryl methyl sites for hydroxylation is 2. The quantitative estimate of drug-likeness (QED) is 0.836. The Labute approximate surface area is 117 Å². The maximum Gasteiger partial charge on any atom is 0.109 e. The Balaban J connectivity index is 2.13. The summed E-state index contributed by atoms with van der Waals surface area (Å²) in [7, 11) is 0. The number of hydrogen-bond donors (Lipinski definition) is 1. The van der Waals surface area contributed by atoms with Crippen molar-refractivity contribution < 1.29 is 0 Å². The Morgan fingerprint density at radius 1 is 1.17 bits per heavy atom. The Morgan fingerprint density at radius 3 is 2.44 bits per heavy atom. The first-order chi connectivity index (χ1) is 8.56. The van der Waals surface area contributed by atoms with Gasteiger partial charge in [0.1, 0.15) is 4.60 Å². The molecule has 2 rings (SSSR count). The van der Waals surface area contributed by atoms with Crippen molar-refractivity contribution in [1.29, 1.82) is 0 Å². The molecule has 0 spiro atoms. The summed E-state index contributed by atoms with van der Waals surface area (Å²) in [4.78, 5) is 4.29. The van der Waals surface area contributed by atoms with Crippen LogP contribution in [0.1, 0.15) is 29.7 Å². The van der Waals surface area contributed by atoms with Crippen molar-refractivity contribution in [2.45, 2.75) is 26.8 Å². The van der Waals surface area contributed by atoms with Crippen molar-refractivity contribution in [1.82, 2.24) is 4.98 Å². The van der Waals surface area contributed by atoms with E-state index in [1.807, 2.05) is 13.1 Å². The van der Waals surface area contributed by atoms with E-state index in [1.165, 1.54) is 11.1 Å². The summed E-state index contributed by atoms with van der Waals surface area (Å²) < 4.78 is 0.899. The minimum atomic E-state index is 0.271. The number of anilines is 1. The zero-order chi connectivity index (χ0) is 13.1. The van der Waals surface area contributed by atoms with E-state index >= 15 is 0 Å². The summed E-state index contributed by atoms with van der Waals surface area (Å²) in [5.74, 6) is 0. The summed E-state index contributed by atoms with van der Waals surface area (Å²) in [6.45, 7) is 6.30. The van der Waals surface area contributed by atoms with E-state index in [4.69, 9.17) is 0 Å². The molecule has 1 aromatic carbocycles. The fourth-order valence-corrected chi connectivity index (χ4v) is 2.04. The summed E-state index contributed by atoms with van der Waals surface area (Å²) in [6.07, 6.45) is 1.85. The van der Waals surface area contributed by atoms with Gasteiger partial charge < -0.3 is 5.32 Å². The number of pyridine rings is 1. The van der Waals surface area contributed by atoms with Gasteiger partial charge >= 0.3 is 0 Å². The van der Waals surface area contributed by atoms with Gasteiger partial charge in [-0.15, -0.1) is 0 Å². The Hall–Kier alpha value is -1.35. The van der Waals surface area contributed by atoms with Gasteiger partial charge in [0.05, 0.1) is 11.9 Å². The van der Waals surface area contributed by atoms with Crippen LogP contribution in [0.4, 0.5) is 5.69 Å². The van der Waals surface area contributed by atoms with Crippen LogP contribution >= 0.6 is 15.9 Å². The van der Waals surface area contributed by atoms with Crippen molar-refractivity contribution in [3.05, 3.63) is 57.8 Å². The maximum atomic E-state index is 4.29. The average molecular weight is 305 g/mol. The molecule has 0 bridgehead atoms. The molecule has 1 N–H and O–H groups in total. The SMILES string of the molecule is Cc1ccc(C(C)Nc2cnc(Br)c(C)c2)cc1. The van der Waals surface area contributed by atoms with E-state index in [0.29, 0.717) is 0 Å². The average Bonchev–Trinajstić information content (AvgIpc) is 2.34. The van der Waals surface area contributed by atoms with Gasteiger partial charge in [0.15, 0.2) is 0 Å². The molecule has 2 nitrogen and oxygen atoms in total. The highest BCUT2D eigenvalue weighted by molar-refractivity contribution is 9.10. The van der Waals surface area contributed by atoms with Crippen LogP contribution in [0.2, 0.25) is 0 Å². The summed E-state index contributed by atoms with van der Waals surface area (Å²) >= 11 is 3.41. The Bertz CT molecular complexity index is 535.